The zero-order chi connectivity index (χ0) is 25.5. The molecule has 0 bridgehead atoms. The molecule has 9 heteroatoms. The fourth-order valence-corrected chi connectivity index (χ4v) is 5.58. The van der Waals surface area contributed by atoms with E-state index < -0.39 is 11.7 Å². The molecule has 5 rings (SSSR count). The Labute approximate surface area is 217 Å². The molecular formula is C27H24Cl2F3N3O. The highest BCUT2D eigenvalue weighted by molar-refractivity contribution is 6.35. The molecule has 36 heavy (non-hydrogen) atoms. The highest BCUT2D eigenvalue weighted by Crippen LogP contribution is 2.47. The van der Waals surface area contributed by atoms with Gasteiger partial charge in [-0.05, 0) is 60.4 Å². The number of carbonyl (C=O) groups excluding carboxylic acids is 1. The molecule has 2 amide bonds. The second-order valence-corrected chi connectivity index (χ2v) is 10.2. The summed E-state index contributed by atoms with van der Waals surface area (Å²) in [6, 6.07) is 18.3. The van der Waals surface area contributed by atoms with Gasteiger partial charge in [-0.25, -0.2) is 4.79 Å². The summed E-state index contributed by atoms with van der Waals surface area (Å²) in [5.41, 5.74) is 2.87. The van der Waals surface area contributed by atoms with Crippen molar-refractivity contribution in [1.82, 2.24) is 4.90 Å². The average Bonchev–Trinajstić information content (AvgIpc) is 3.14. The van der Waals surface area contributed by atoms with E-state index in [0.717, 1.165) is 42.8 Å². The molecule has 3 aromatic rings. The van der Waals surface area contributed by atoms with Gasteiger partial charge in [0.15, 0.2) is 0 Å². The van der Waals surface area contributed by atoms with Gasteiger partial charge in [-0.2, -0.15) is 13.2 Å². The van der Waals surface area contributed by atoms with E-state index in [1.54, 1.807) is 35.2 Å². The number of nitrogens with zero attached hydrogens (tertiary/aromatic N) is 2. The van der Waals surface area contributed by atoms with Crippen LogP contribution in [0, 0.1) is 0 Å². The van der Waals surface area contributed by atoms with Crippen LogP contribution in [0.25, 0.3) is 0 Å². The number of nitrogens with one attached hydrogen (secondary N) is 1. The van der Waals surface area contributed by atoms with E-state index >= 15 is 0 Å². The van der Waals surface area contributed by atoms with E-state index in [0.29, 0.717) is 35.4 Å². The molecule has 0 unspecified atom stereocenters. The number of para-hydroxylation sites is 1. The number of fused-ring (bicyclic) bond motifs is 2. The molecule has 0 radical (unpaired) electrons. The van der Waals surface area contributed by atoms with Gasteiger partial charge >= 0.3 is 12.2 Å². The summed E-state index contributed by atoms with van der Waals surface area (Å²) >= 11 is 12.2. The van der Waals surface area contributed by atoms with Crippen LogP contribution < -0.4 is 10.2 Å². The van der Waals surface area contributed by atoms with Crippen LogP contribution >= 0.6 is 23.2 Å². The number of carbonyl (C=O) groups is 1. The molecule has 0 atom stereocenters. The van der Waals surface area contributed by atoms with E-state index in [1.165, 1.54) is 5.56 Å². The molecule has 1 fully saturated rings. The van der Waals surface area contributed by atoms with Crippen LogP contribution in [0.3, 0.4) is 0 Å². The van der Waals surface area contributed by atoms with Crippen molar-refractivity contribution in [3.05, 3.63) is 93.5 Å². The number of amides is 2. The summed E-state index contributed by atoms with van der Waals surface area (Å²) in [4.78, 5) is 16.9. The predicted molar refractivity (Wildman–Crippen MR) is 137 cm³/mol. The lowest BCUT2D eigenvalue weighted by atomic mass is 9.74. The Kier molecular flexibility index (Phi) is 6.55. The first-order chi connectivity index (χ1) is 17.1. The van der Waals surface area contributed by atoms with Crippen LogP contribution in [0.15, 0.2) is 66.7 Å². The van der Waals surface area contributed by atoms with Gasteiger partial charge in [0.05, 0.1) is 16.3 Å². The monoisotopic (exact) mass is 533 g/mol. The van der Waals surface area contributed by atoms with Gasteiger partial charge in [0, 0.05) is 42.3 Å². The van der Waals surface area contributed by atoms with Crippen LogP contribution in [0.4, 0.5) is 29.3 Å². The number of anilines is 2. The number of benzene rings is 3. The molecule has 1 spiro atoms. The summed E-state index contributed by atoms with van der Waals surface area (Å²) in [5.74, 6) is 0. The maximum absolute atomic E-state index is 13.0. The molecule has 2 aliphatic heterocycles. The standard InChI is InChI=1S/C27H24Cl2F3N3O/c28-20-9-10-22(29)23(15-20)33-25(36)34-13-11-26(12-14-34)17-35(24-4-2-1-3-21(24)26)16-18-5-7-19(8-6-18)27(30,31)32/h1-10,15H,11-14,16-17H2,(H,33,36). The summed E-state index contributed by atoms with van der Waals surface area (Å²) in [5, 5.41) is 3.77. The summed E-state index contributed by atoms with van der Waals surface area (Å²) < 4.78 is 38.9. The van der Waals surface area contributed by atoms with Crippen molar-refractivity contribution in [3.63, 3.8) is 0 Å². The van der Waals surface area contributed by atoms with E-state index in [-0.39, 0.29) is 11.4 Å². The minimum atomic E-state index is -4.35. The second kappa shape index (κ2) is 9.52. The van der Waals surface area contributed by atoms with Gasteiger partial charge in [0.2, 0.25) is 0 Å². The maximum atomic E-state index is 13.0. The fraction of sp³-hybridized carbons (Fsp3) is 0.296. The topological polar surface area (TPSA) is 35.6 Å². The SMILES string of the molecule is O=C(Nc1cc(Cl)ccc1Cl)N1CCC2(CC1)CN(Cc1ccc(C(F)(F)F)cc1)c1ccccc12. The molecular weight excluding hydrogens is 510 g/mol. The van der Waals surface area contributed by atoms with E-state index in [1.807, 2.05) is 12.1 Å². The Morgan fingerprint density at radius 1 is 0.972 bits per heavy atom. The van der Waals surface area contributed by atoms with Crippen molar-refractivity contribution in [2.75, 3.05) is 29.9 Å². The lowest BCUT2D eigenvalue weighted by Gasteiger charge is -2.40. The van der Waals surface area contributed by atoms with Gasteiger partial charge < -0.3 is 15.1 Å². The first-order valence-corrected chi connectivity index (χ1v) is 12.4. The summed E-state index contributed by atoms with van der Waals surface area (Å²) in [6.45, 7) is 2.43. The first-order valence-electron chi connectivity index (χ1n) is 11.7. The third-order valence-corrected chi connectivity index (χ3v) is 7.71. The average molecular weight is 534 g/mol. The minimum Gasteiger partial charge on any atom is -0.366 e. The highest BCUT2D eigenvalue weighted by Gasteiger charge is 2.45. The van der Waals surface area contributed by atoms with Crippen LogP contribution in [0.5, 0.6) is 0 Å². The van der Waals surface area contributed by atoms with Gasteiger partial charge in [0.1, 0.15) is 0 Å². The molecule has 0 saturated carbocycles. The molecule has 2 aliphatic rings. The Balaban J connectivity index is 1.29. The van der Waals surface area contributed by atoms with E-state index in [2.05, 4.69) is 22.3 Å². The molecule has 1 N–H and O–H groups in total. The van der Waals surface area contributed by atoms with Gasteiger partial charge in [0.25, 0.3) is 0 Å². The number of hydrogen-bond donors (Lipinski definition) is 1. The third-order valence-electron chi connectivity index (χ3n) is 7.14. The normalized spacial score (nSPS) is 16.8. The predicted octanol–water partition coefficient (Wildman–Crippen LogP) is 7.60. The number of piperidine rings is 1. The fourth-order valence-electron chi connectivity index (χ4n) is 5.25. The molecule has 3 aromatic carbocycles. The molecule has 2 heterocycles. The van der Waals surface area contributed by atoms with Crippen LogP contribution in [-0.4, -0.2) is 30.6 Å². The largest absolute Gasteiger partial charge is 0.416 e. The second-order valence-electron chi connectivity index (χ2n) is 9.39. The van der Waals surface area contributed by atoms with Crippen LogP contribution in [-0.2, 0) is 18.1 Å². The molecule has 4 nitrogen and oxygen atoms in total. The van der Waals surface area contributed by atoms with Crippen molar-refractivity contribution < 1.29 is 18.0 Å². The Morgan fingerprint density at radius 3 is 2.36 bits per heavy atom. The quantitative estimate of drug-likeness (QED) is 0.376. The highest BCUT2D eigenvalue weighted by atomic mass is 35.5. The van der Waals surface area contributed by atoms with Crippen molar-refractivity contribution in [3.8, 4) is 0 Å². The van der Waals surface area contributed by atoms with E-state index in [9.17, 15) is 18.0 Å². The minimum absolute atomic E-state index is 0.118. The van der Waals surface area contributed by atoms with Crippen molar-refractivity contribution in [2.24, 2.45) is 0 Å². The Bertz CT molecular complexity index is 1270. The van der Waals surface area contributed by atoms with E-state index in [4.69, 9.17) is 23.2 Å². The smallest absolute Gasteiger partial charge is 0.366 e. The zero-order valence-corrected chi connectivity index (χ0v) is 20.8. The Hall–Kier alpha value is -2.90. The molecule has 0 aromatic heterocycles. The van der Waals surface area contributed by atoms with Gasteiger partial charge in [-0.1, -0.05) is 53.5 Å². The maximum Gasteiger partial charge on any atom is 0.416 e. The molecule has 188 valence electrons. The lowest BCUT2D eigenvalue weighted by Crippen LogP contribution is -2.48. The number of rotatable bonds is 3. The summed E-state index contributed by atoms with van der Waals surface area (Å²) in [7, 11) is 0. The number of halogens is 5. The van der Waals surface area contributed by atoms with Crippen LogP contribution in [0.1, 0.15) is 29.5 Å². The molecule has 0 aliphatic carbocycles. The number of hydrogen-bond acceptors (Lipinski definition) is 2. The van der Waals surface area contributed by atoms with Crippen molar-refractivity contribution in [2.45, 2.75) is 31.0 Å². The number of urea groups is 1. The lowest BCUT2D eigenvalue weighted by molar-refractivity contribution is -0.137. The Morgan fingerprint density at radius 2 is 1.67 bits per heavy atom. The zero-order valence-electron chi connectivity index (χ0n) is 19.3. The number of likely N-dealkylation sites (tertiary alicyclic amines) is 1. The van der Waals surface area contributed by atoms with Gasteiger partial charge in [-0.3, -0.25) is 0 Å². The summed E-state index contributed by atoms with van der Waals surface area (Å²) in [6.07, 6.45) is -2.78. The first kappa shape index (κ1) is 24.8. The van der Waals surface area contributed by atoms with Crippen molar-refractivity contribution >= 4 is 40.6 Å². The van der Waals surface area contributed by atoms with Crippen LogP contribution in [0.2, 0.25) is 10.0 Å². The van der Waals surface area contributed by atoms with Gasteiger partial charge in [-0.15, -0.1) is 0 Å². The number of alkyl halides is 3. The molecule has 1 saturated heterocycles. The third kappa shape index (κ3) is 4.87. The van der Waals surface area contributed by atoms with Crippen molar-refractivity contribution in [1.29, 1.82) is 0 Å².